The zero-order chi connectivity index (χ0) is 22.9. The fourth-order valence-corrected chi connectivity index (χ4v) is 3.47. The highest BCUT2D eigenvalue weighted by molar-refractivity contribution is 5.95. The smallest absolute Gasteiger partial charge is 0.338 e. The lowest BCUT2D eigenvalue weighted by atomic mass is 9.95. The lowest BCUT2D eigenvalue weighted by molar-refractivity contribution is -0.139. The van der Waals surface area contributed by atoms with Crippen LogP contribution in [0.2, 0.25) is 0 Å². The number of hydrogen-bond acceptors (Lipinski definition) is 6. The third-order valence-corrected chi connectivity index (χ3v) is 4.80. The molecule has 3 N–H and O–H groups in total. The maximum Gasteiger partial charge on any atom is 0.338 e. The first-order valence-corrected chi connectivity index (χ1v) is 10.7. The SMILES string of the molecule is CCOC(=O)C1=C(CNc2cc(OCC)ccc2OCC)NC(=O)N[C@H]1c1ccccc1. The molecule has 1 heterocycles. The van der Waals surface area contributed by atoms with Crippen molar-refractivity contribution >= 4 is 17.7 Å². The third-order valence-electron chi connectivity index (χ3n) is 4.80. The van der Waals surface area contributed by atoms with Gasteiger partial charge in [0.25, 0.3) is 0 Å². The van der Waals surface area contributed by atoms with E-state index < -0.39 is 18.0 Å². The monoisotopic (exact) mass is 439 g/mol. The summed E-state index contributed by atoms with van der Waals surface area (Å²) in [5, 5.41) is 8.86. The summed E-state index contributed by atoms with van der Waals surface area (Å²) in [7, 11) is 0. The number of rotatable bonds is 10. The van der Waals surface area contributed by atoms with Gasteiger partial charge in [-0.25, -0.2) is 9.59 Å². The van der Waals surface area contributed by atoms with Crippen molar-refractivity contribution in [2.24, 2.45) is 0 Å². The first kappa shape index (κ1) is 23.0. The highest BCUT2D eigenvalue weighted by atomic mass is 16.5. The average Bonchev–Trinajstić information content (AvgIpc) is 2.79. The molecule has 2 aromatic rings. The predicted molar refractivity (Wildman–Crippen MR) is 122 cm³/mol. The Hall–Kier alpha value is -3.68. The van der Waals surface area contributed by atoms with Crippen molar-refractivity contribution in [3.8, 4) is 11.5 Å². The van der Waals surface area contributed by atoms with E-state index in [0.717, 1.165) is 5.56 Å². The van der Waals surface area contributed by atoms with E-state index in [-0.39, 0.29) is 13.2 Å². The van der Waals surface area contributed by atoms with Crippen LogP contribution >= 0.6 is 0 Å². The van der Waals surface area contributed by atoms with E-state index in [0.29, 0.717) is 41.7 Å². The van der Waals surface area contributed by atoms with Crippen LogP contribution in [0.3, 0.4) is 0 Å². The first-order chi connectivity index (χ1) is 15.6. The van der Waals surface area contributed by atoms with E-state index in [1.807, 2.05) is 62.4 Å². The van der Waals surface area contributed by atoms with Crippen LogP contribution in [-0.2, 0) is 9.53 Å². The molecule has 2 aromatic carbocycles. The molecule has 0 unspecified atom stereocenters. The van der Waals surface area contributed by atoms with E-state index in [9.17, 15) is 9.59 Å². The van der Waals surface area contributed by atoms with Gasteiger partial charge in [0, 0.05) is 6.07 Å². The molecule has 0 saturated heterocycles. The Bertz CT molecular complexity index is 975. The highest BCUT2D eigenvalue weighted by Crippen LogP contribution is 2.31. The van der Waals surface area contributed by atoms with Gasteiger partial charge >= 0.3 is 12.0 Å². The van der Waals surface area contributed by atoms with Crippen LogP contribution < -0.4 is 25.4 Å². The molecular formula is C24H29N3O5. The molecule has 32 heavy (non-hydrogen) atoms. The Morgan fingerprint density at radius 1 is 1.00 bits per heavy atom. The molecule has 0 fully saturated rings. The van der Waals surface area contributed by atoms with Crippen molar-refractivity contribution in [1.29, 1.82) is 0 Å². The number of urea groups is 1. The van der Waals surface area contributed by atoms with Gasteiger partial charge in [0.15, 0.2) is 0 Å². The van der Waals surface area contributed by atoms with Crippen molar-refractivity contribution in [3.63, 3.8) is 0 Å². The fourth-order valence-electron chi connectivity index (χ4n) is 3.47. The van der Waals surface area contributed by atoms with Crippen LogP contribution in [0, 0.1) is 0 Å². The lowest BCUT2D eigenvalue weighted by Gasteiger charge is -2.29. The van der Waals surface area contributed by atoms with Gasteiger partial charge in [-0.3, -0.25) is 0 Å². The molecule has 3 rings (SSSR count). The summed E-state index contributed by atoms with van der Waals surface area (Å²) in [5.41, 5.74) is 2.27. The predicted octanol–water partition coefficient (Wildman–Crippen LogP) is 3.77. The number of nitrogens with one attached hydrogen (secondary N) is 3. The first-order valence-electron chi connectivity index (χ1n) is 10.7. The third kappa shape index (κ3) is 5.51. The minimum Gasteiger partial charge on any atom is -0.494 e. The minimum atomic E-state index is -0.623. The van der Waals surface area contributed by atoms with Crippen LogP contribution in [0.25, 0.3) is 0 Å². The van der Waals surface area contributed by atoms with Crippen LogP contribution in [-0.4, -0.2) is 38.4 Å². The number of hydrogen-bond donors (Lipinski definition) is 3. The lowest BCUT2D eigenvalue weighted by Crippen LogP contribution is -2.47. The number of anilines is 1. The molecular weight excluding hydrogens is 410 g/mol. The maximum atomic E-state index is 12.9. The maximum absolute atomic E-state index is 12.9. The van der Waals surface area contributed by atoms with E-state index in [1.54, 1.807) is 6.92 Å². The molecule has 1 aliphatic heterocycles. The van der Waals surface area contributed by atoms with Crippen LogP contribution in [0.1, 0.15) is 32.4 Å². The molecule has 1 aliphatic rings. The number of ether oxygens (including phenoxy) is 3. The molecule has 170 valence electrons. The van der Waals surface area contributed by atoms with Gasteiger partial charge in [0.1, 0.15) is 11.5 Å². The van der Waals surface area contributed by atoms with Crippen LogP contribution in [0.15, 0.2) is 59.8 Å². The van der Waals surface area contributed by atoms with Gasteiger partial charge < -0.3 is 30.2 Å². The molecule has 0 spiro atoms. The van der Waals surface area contributed by atoms with Crippen molar-refractivity contribution in [2.75, 3.05) is 31.7 Å². The Balaban J connectivity index is 1.96. The Labute approximate surface area is 187 Å². The van der Waals surface area contributed by atoms with Crippen molar-refractivity contribution in [3.05, 3.63) is 65.4 Å². The topological polar surface area (TPSA) is 97.9 Å². The molecule has 2 amide bonds. The summed E-state index contributed by atoms with van der Waals surface area (Å²) in [6.45, 7) is 7.00. The van der Waals surface area contributed by atoms with Crippen molar-refractivity contribution in [1.82, 2.24) is 10.6 Å². The number of carbonyl (C=O) groups is 2. The highest BCUT2D eigenvalue weighted by Gasteiger charge is 2.33. The molecule has 0 aromatic heterocycles. The van der Waals surface area contributed by atoms with Gasteiger partial charge in [0.05, 0.1) is 49.4 Å². The molecule has 0 saturated carbocycles. The van der Waals surface area contributed by atoms with E-state index in [4.69, 9.17) is 14.2 Å². The van der Waals surface area contributed by atoms with E-state index >= 15 is 0 Å². The van der Waals surface area contributed by atoms with Gasteiger partial charge in [0.2, 0.25) is 0 Å². The van der Waals surface area contributed by atoms with Crippen molar-refractivity contribution in [2.45, 2.75) is 26.8 Å². The normalized spacial score (nSPS) is 15.5. The fraction of sp³-hybridized carbons (Fsp3) is 0.333. The summed E-state index contributed by atoms with van der Waals surface area (Å²) in [4.78, 5) is 25.3. The van der Waals surface area contributed by atoms with Gasteiger partial charge in [-0.05, 0) is 38.5 Å². The summed E-state index contributed by atoms with van der Waals surface area (Å²) >= 11 is 0. The Kier molecular flexibility index (Phi) is 7.96. The number of esters is 1. The number of benzene rings is 2. The summed E-state index contributed by atoms with van der Waals surface area (Å²) in [6, 6.07) is 13.8. The van der Waals surface area contributed by atoms with Crippen molar-refractivity contribution < 1.29 is 23.8 Å². The standard InChI is InChI=1S/C24H29N3O5/c1-4-30-17-12-13-20(31-5-2)18(14-17)25-15-19-21(23(28)32-6-3)22(27-24(29)26-19)16-10-8-7-9-11-16/h7-14,22,25H,4-6,15H2,1-3H3,(H2,26,27,29)/t22-/m0/s1. The quantitative estimate of drug-likeness (QED) is 0.488. The zero-order valence-corrected chi connectivity index (χ0v) is 18.6. The largest absolute Gasteiger partial charge is 0.494 e. The number of carbonyl (C=O) groups excluding carboxylic acids is 2. The molecule has 0 bridgehead atoms. The minimum absolute atomic E-state index is 0.181. The second kappa shape index (κ2) is 11.1. The zero-order valence-electron chi connectivity index (χ0n) is 18.6. The summed E-state index contributed by atoms with van der Waals surface area (Å²) < 4.78 is 16.6. The molecule has 8 nitrogen and oxygen atoms in total. The van der Waals surface area contributed by atoms with E-state index in [2.05, 4.69) is 16.0 Å². The molecule has 0 aliphatic carbocycles. The van der Waals surface area contributed by atoms with Gasteiger partial charge in [-0.1, -0.05) is 30.3 Å². The van der Waals surface area contributed by atoms with E-state index in [1.165, 1.54) is 0 Å². The second-order valence-electron chi connectivity index (χ2n) is 6.93. The van der Waals surface area contributed by atoms with Crippen LogP contribution in [0.5, 0.6) is 11.5 Å². The van der Waals surface area contributed by atoms with Gasteiger partial charge in [-0.15, -0.1) is 0 Å². The molecule has 8 heteroatoms. The second-order valence-corrected chi connectivity index (χ2v) is 6.93. The van der Waals surface area contributed by atoms with Crippen LogP contribution in [0.4, 0.5) is 10.5 Å². The molecule has 0 radical (unpaired) electrons. The summed E-state index contributed by atoms with van der Waals surface area (Å²) in [6.07, 6.45) is 0. The average molecular weight is 440 g/mol. The van der Waals surface area contributed by atoms with Gasteiger partial charge in [-0.2, -0.15) is 0 Å². The summed E-state index contributed by atoms with van der Waals surface area (Å²) in [5.74, 6) is 0.849. The molecule has 1 atom stereocenters. The number of amides is 2. The Morgan fingerprint density at radius 2 is 1.75 bits per heavy atom. The Morgan fingerprint density at radius 3 is 2.44 bits per heavy atom.